The number of hydrogen-bond donors (Lipinski definition) is 0. The van der Waals surface area contributed by atoms with Crippen LogP contribution in [-0.2, 0) is 13.0 Å². The van der Waals surface area contributed by atoms with E-state index in [4.69, 9.17) is 0 Å². The summed E-state index contributed by atoms with van der Waals surface area (Å²) in [5.74, 6) is 0.430. The van der Waals surface area contributed by atoms with Gasteiger partial charge in [-0.15, -0.1) is 0 Å². The molecule has 1 aliphatic carbocycles. The van der Waals surface area contributed by atoms with E-state index in [1.165, 1.54) is 4.90 Å². The second-order valence-corrected chi connectivity index (χ2v) is 7.80. The van der Waals surface area contributed by atoms with Crippen LogP contribution in [0.5, 0.6) is 0 Å². The number of nitrogens with zero attached hydrogens (tertiary/aromatic N) is 4. The summed E-state index contributed by atoms with van der Waals surface area (Å²) in [6, 6.07) is 6.20. The highest BCUT2D eigenvalue weighted by molar-refractivity contribution is 5.89. The lowest BCUT2D eigenvalue weighted by molar-refractivity contribution is 0.143. The number of aliphatic imine (C=N–C) groups is 1. The lowest BCUT2D eigenvalue weighted by atomic mass is 10.1. The number of hydrogen-bond acceptors (Lipinski definition) is 3. The number of benzene rings is 1. The molecule has 1 saturated carbocycles. The van der Waals surface area contributed by atoms with Crippen LogP contribution >= 0.6 is 0 Å². The number of alkyl halides is 4. The average Bonchev–Trinajstić information content (AvgIpc) is 3.51. The number of rotatable bonds is 8. The lowest BCUT2D eigenvalue weighted by Crippen LogP contribution is -2.39. The summed E-state index contributed by atoms with van der Waals surface area (Å²) in [4.78, 5) is 5.95. The quantitative estimate of drug-likeness (QED) is 0.570. The standard InChI is InChI=1S/C22H22F4N4/c23-10-16(11-24)29-7-1-6-28-22(29)21-18(12-27)17-5-4-15(9-20(25)26)8-19(17)30(21)13-14-2-3-14/h1,4-8,14,16,20,22H,2-3,9-11,13H2. The first kappa shape index (κ1) is 20.5. The second-order valence-electron chi connectivity index (χ2n) is 7.80. The molecule has 0 spiro atoms. The minimum Gasteiger partial charge on any atom is -0.343 e. The van der Waals surface area contributed by atoms with E-state index < -0.39 is 32.0 Å². The molecule has 1 aromatic heterocycles. The minimum absolute atomic E-state index is 0.369. The summed E-state index contributed by atoms with van der Waals surface area (Å²) < 4.78 is 54.8. The molecule has 158 valence electrons. The van der Waals surface area contributed by atoms with E-state index in [-0.39, 0.29) is 6.42 Å². The van der Waals surface area contributed by atoms with Crippen molar-refractivity contribution in [2.45, 2.75) is 44.4 Å². The van der Waals surface area contributed by atoms with Crippen LogP contribution in [-0.4, -0.2) is 41.5 Å². The van der Waals surface area contributed by atoms with Gasteiger partial charge in [0.1, 0.15) is 19.4 Å². The molecule has 8 heteroatoms. The van der Waals surface area contributed by atoms with E-state index in [2.05, 4.69) is 11.1 Å². The Balaban J connectivity index is 1.89. The third kappa shape index (κ3) is 3.81. The van der Waals surface area contributed by atoms with Gasteiger partial charge in [-0.1, -0.05) is 12.1 Å². The molecule has 2 heterocycles. The van der Waals surface area contributed by atoms with Gasteiger partial charge in [0.2, 0.25) is 6.43 Å². The maximum atomic E-state index is 13.5. The normalized spacial score (nSPS) is 18.7. The highest BCUT2D eigenvalue weighted by Gasteiger charge is 2.34. The maximum Gasteiger partial charge on any atom is 0.242 e. The molecule has 0 saturated heterocycles. The third-order valence-corrected chi connectivity index (χ3v) is 5.69. The van der Waals surface area contributed by atoms with Crippen molar-refractivity contribution in [2.75, 3.05) is 13.3 Å². The van der Waals surface area contributed by atoms with Crippen molar-refractivity contribution in [2.24, 2.45) is 10.9 Å². The van der Waals surface area contributed by atoms with Crippen LogP contribution in [0.2, 0.25) is 0 Å². The van der Waals surface area contributed by atoms with E-state index in [1.807, 2.05) is 4.57 Å². The van der Waals surface area contributed by atoms with Crippen molar-refractivity contribution in [3.05, 3.63) is 47.3 Å². The number of halogens is 4. The molecule has 1 atom stereocenters. The molecule has 1 aliphatic heterocycles. The zero-order valence-corrected chi connectivity index (χ0v) is 16.3. The van der Waals surface area contributed by atoms with Gasteiger partial charge in [0.25, 0.3) is 0 Å². The molecule has 0 radical (unpaired) electrons. The molecular formula is C22H22F4N4. The van der Waals surface area contributed by atoms with E-state index >= 15 is 0 Å². The Bertz CT molecular complexity index is 1010. The Morgan fingerprint density at radius 1 is 1.20 bits per heavy atom. The summed E-state index contributed by atoms with van der Waals surface area (Å²) in [5.41, 5.74) is 2.10. The molecule has 30 heavy (non-hydrogen) atoms. The highest BCUT2D eigenvalue weighted by atomic mass is 19.3. The number of aromatic nitrogens is 1. The van der Waals surface area contributed by atoms with Crippen molar-refractivity contribution in [3.63, 3.8) is 0 Å². The fourth-order valence-electron chi connectivity index (χ4n) is 4.02. The van der Waals surface area contributed by atoms with Gasteiger partial charge < -0.3 is 9.47 Å². The van der Waals surface area contributed by atoms with Crippen LogP contribution in [0, 0.1) is 17.2 Å². The minimum atomic E-state index is -2.47. The van der Waals surface area contributed by atoms with Gasteiger partial charge in [-0.05, 0) is 36.5 Å². The predicted molar refractivity (Wildman–Crippen MR) is 107 cm³/mol. The summed E-state index contributed by atoms with van der Waals surface area (Å²) in [6.07, 6.45) is 3.24. The zero-order chi connectivity index (χ0) is 21.3. The van der Waals surface area contributed by atoms with Gasteiger partial charge in [-0.25, -0.2) is 17.6 Å². The van der Waals surface area contributed by atoms with Gasteiger partial charge in [-0.3, -0.25) is 4.99 Å². The molecule has 2 aromatic rings. The maximum absolute atomic E-state index is 13.5. The number of nitriles is 1. The largest absolute Gasteiger partial charge is 0.343 e. The van der Waals surface area contributed by atoms with Gasteiger partial charge in [0.05, 0.1) is 17.3 Å². The molecule has 1 fully saturated rings. The first-order valence-electron chi connectivity index (χ1n) is 10.00. The number of fused-ring (bicyclic) bond motifs is 1. The fourth-order valence-corrected chi connectivity index (χ4v) is 4.02. The molecule has 1 unspecified atom stereocenters. The van der Waals surface area contributed by atoms with E-state index in [9.17, 15) is 22.8 Å². The SMILES string of the molecule is N#Cc1c(C2N=CC=CN2C(CF)CF)n(CC2CC2)c2cc(CC(F)F)ccc12. The molecule has 4 nitrogen and oxygen atoms in total. The first-order chi connectivity index (χ1) is 14.6. The van der Waals surface area contributed by atoms with Gasteiger partial charge in [0, 0.05) is 36.3 Å². The van der Waals surface area contributed by atoms with Crippen LogP contribution in [0.15, 0.2) is 35.5 Å². The van der Waals surface area contributed by atoms with Gasteiger partial charge >= 0.3 is 0 Å². The Kier molecular flexibility index (Phi) is 5.80. The first-order valence-corrected chi connectivity index (χ1v) is 10.00. The van der Waals surface area contributed by atoms with E-state index in [0.29, 0.717) is 40.2 Å². The Morgan fingerprint density at radius 3 is 2.60 bits per heavy atom. The zero-order valence-electron chi connectivity index (χ0n) is 16.3. The van der Waals surface area contributed by atoms with Gasteiger partial charge in [-0.2, -0.15) is 5.26 Å². The third-order valence-electron chi connectivity index (χ3n) is 5.69. The Morgan fingerprint density at radius 2 is 1.97 bits per heavy atom. The van der Waals surface area contributed by atoms with Crippen LogP contribution in [0.1, 0.15) is 35.8 Å². The summed E-state index contributed by atoms with van der Waals surface area (Å²) >= 11 is 0. The van der Waals surface area contributed by atoms with Crippen LogP contribution in [0.4, 0.5) is 17.6 Å². The number of allylic oxidation sites excluding steroid dienone is 1. The van der Waals surface area contributed by atoms with E-state index in [0.717, 1.165) is 12.8 Å². The predicted octanol–water partition coefficient (Wildman–Crippen LogP) is 4.94. The van der Waals surface area contributed by atoms with Crippen molar-refractivity contribution in [3.8, 4) is 6.07 Å². The molecule has 0 amide bonds. The average molecular weight is 418 g/mol. The van der Waals surface area contributed by atoms with Crippen molar-refractivity contribution in [1.29, 1.82) is 5.26 Å². The Labute approximate surface area is 172 Å². The van der Waals surface area contributed by atoms with E-state index in [1.54, 1.807) is 36.7 Å². The van der Waals surface area contributed by atoms with Crippen molar-refractivity contribution in [1.82, 2.24) is 9.47 Å². The molecule has 4 rings (SSSR count). The van der Waals surface area contributed by atoms with Gasteiger partial charge in [0.15, 0.2) is 6.17 Å². The van der Waals surface area contributed by atoms with Crippen LogP contribution in [0.25, 0.3) is 10.9 Å². The monoisotopic (exact) mass is 418 g/mol. The smallest absolute Gasteiger partial charge is 0.242 e. The molecule has 0 bridgehead atoms. The fraction of sp³-hybridized carbons (Fsp3) is 0.455. The summed E-state index contributed by atoms with van der Waals surface area (Å²) in [6.45, 7) is -1.17. The topological polar surface area (TPSA) is 44.3 Å². The second kappa shape index (κ2) is 8.50. The Hall–Kier alpha value is -2.82. The summed E-state index contributed by atoms with van der Waals surface area (Å²) in [5, 5.41) is 10.6. The molecule has 0 N–H and O–H groups in total. The van der Waals surface area contributed by atoms with Crippen molar-refractivity contribution >= 4 is 17.1 Å². The van der Waals surface area contributed by atoms with Crippen molar-refractivity contribution < 1.29 is 17.6 Å². The lowest BCUT2D eigenvalue weighted by Gasteiger charge is -2.35. The molecular weight excluding hydrogens is 396 g/mol. The highest BCUT2D eigenvalue weighted by Crippen LogP contribution is 2.40. The van der Waals surface area contributed by atoms with Crippen LogP contribution < -0.4 is 0 Å². The molecule has 2 aliphatic rings. The molecule has 1 aromatic carbocycles. The summed E-state index contributed by atoms with van der Waals surface area (Å²) in [7, 11) is 0. The van der Waals surface area contributed by atoms with Crippen LogP contribution in [0.3, 0.4) is 0 Å².